The van der Waals surface area contributed by atoms with E-state index in [1.54, 1.807) is 6.07 Å². The summed E-state index contributed by atoms with van der Waals surface area (Å²) in [6, 6.07) is 16.3. The summed E-state index contributed by atoms with van der Waals surface area (Å²) >= 11 is 0. The Labute approximate surface area is 198 Å². The highest BCUT2D eigenvalue weighted by Gasteiger charge is 2.37. The number of carbonyl (C=O) groups excluding carboxylic acids is 4. The molecule has 35 heavy (non-hydrogen) atoms. The molecule has 176 valence electrons. The fourth-order valence-corrected chi connectivity index (χ4v) is 3.45. The Morgan fingerprint density at radius 3 is 2.29 bits per heavy atom. The van der Waals surface area contributed by atoms with Crippen LogP contribution in [0.2, 0.25) is 0 Å². The predicted molar refractivity (Wildman–Crippen MR) is 123 cm³/mol. The second kappa shape index (κ2) is 9.48. The number of fused-ring (bicyclic) bond motifs is 1. The van der Waals surface area contributed by atoms with Gasteiger partial charge in [-0.2, -0.15) is 0 Å². The number of anilines is 2. The summed E-state index contributed by atoms with van der Waals surface area (Å²) in [4.78, 5) is 61.4. The van der Waals surface area contributed by atoms with E-state index in [0.29, 0.717) is 11.4 Å². The summed E-state index contributed by atoms with van der Waals surface area (Å²) in [6.45, 7) is 0.751. The first kappa shape index (κ1) is 23.2. The van der Waals surface area contributed by atoms with Crippen molar-refractivity contribution in [2.45, 2.75) is 6.92 Å². The van der Waals surface area contributed by atoms with Gasteiger partial charge in [-0.25, -0.2) is 9.69 Å². The van der Waals surface area contributed by atoms with Crippen molar-refractivity contribution in [3.63, 3.8) is 0 Å². The fraction of sp³-hybridized carbons (Fsp3) is 0.0800. The van der Waals surface area contributed by atoms with Crippen molar-refractivity contribution in [2.75, 3.05) is 16.8 Å². The molecule has 3 aromatic rings. The van der Waals surface area contributed by atoms with Gasteiger partial charge in [0.25, 0.3) is 17.7 Å². The molecule has 0 fully saturated rings. The number of nitrogens with one attached hydrogen (secondary N) is 1. The fourth-order valence-electron chi connectivity index (χ4n) is 3.45. The molecule has 0 radical (unpaired) electrons. The van der Waals surface area contributed by atoms with E-state index in [9.17, 15) is 24.0 Å². The van der Waals surface area contributed by atoms with Gasteiger partial charge in [0.15, 0.2) is 6.61 Å². The quantitative estimate of drug-likeness (QED) is 0.302. The molecule has 2 N–H and O–H groups in total. The van der Waals surface area contributed by atoms with Crippen molar-refractivity contribution in [3.8, 4) is 11.5 Å². The standard InChI is InChI=1S/C25H18N2O8/c1-14(28)35-19-4-2-3-17(12-19)27-24(32)20-10-5-15(11-21(20)25(27)33)23(31)26-16-6-8-18(9-7-16)34-13-22(29)30/h2-12H,13H2,1H3,(H,26,31)(H,29,30). The van der Waals surface area contributed by atoms with Gasteiger partial charge >= 0.3 is 11.9 Å². The Morgan fingerprint density at radius 1 is 0.886 bits per heavy atom. The molecule has 0 aliphatic carbocycles. The Balaban J connectivity index is 1.51. The number of benzene rings is 3. The average molecular weight is 474 g/mol. The SMILES string of the molecule is CC(=O)Oc1cccc(N2C(=O)c3ccc(C(=O)Nc4ccc(OCC(=O)O)cc4)cc3C2=O)c1. The van der Waals surface area contributed by atoms with Crippen LogP contribution >= 0.6 is 0 Å². The van der Waals surface area contributed by atoms with E-state index < -0.39 is 36.3 Å². The molecule has 0 saturated carbocycles. The lowest BCUT2D eigenvalue weighted by Gasteiger charge is -2.14. The molecule has 4 rings (SSSR count). The lowest BCUT2D eigenvalue weighted by Crippen LogP contribution is -2.29. The monoisotopic (exact) mass is 474 g/mol. The van der Waals surface area contributed by atoms with Crippen molar-refractivity contribution in [3.05, 3.63) is 83.4 Å². The zero-order chi connectivity index (χ0) is 25.1. The number of carboxylic acids is 1. The molecule has 0 atom stereocenters. The number of ether oxygens (including phenoxy) is 2. The molecule has 0 bridgehead atoms. The molecule has 0 spiro atoms. The molecule has 10 nitrogen and oxygen atoms in total. The molecule has 1 aliphatic heterocycles. The van der Waals surface area contributed by atoms with Crippen LogP contribution in [0, 0.1) is 0 Å². The van der Waals surface area contributed by atoms with Gasteiger partial charge in [0, 0.05) is 24.2 Å². The zero-order valence-electron chi connectivity index (χ0n) is 18.3. The molecular weight excluding hydrogens is 456 g/mol. The highest BCUT2D eigenvalue weighted by atomic mass is 16.5. The van der Waals surface area contributed by atoms with Crippen LogP contribution in [0.4, 0.5) is 11.4 Å². The Hall–Kier alpha value is -4.99. The van der Waals surface area contributed by atoms with Gasteiger partial charge < -0.3 is 19.9 Å². The molecule has 10 heteroatoms. The lowest BCUT2D eigenvalue weighted by molar-refractivity contribution is -0.139. The Bertz CT molecular complexity index is 1360. The molecule has 3 aromatic carbocycles. The number of hydrogen-bond acceptors (Lipinski definition) is 7. The van der Waals surface area contributed by atoms with Crippen LogP contribution in [-0.4, -0.2) is 41.4 Å². The van der Waals surface area contributed by atoms with Gasteiger partial charge in [-0.15, -0.1) is 0 Å². The Morgan fingerprint density at radius 2 is 1.60 bits per heavy atom. The summed E-state index contributed by atoms with van der Waals surface area (Å²) in [5, 5.41) is 11.3. The topological polar surface area (TPSA) is 139 Å². The summed E-state index contributed by atoms with van der Waals surface area (Å²) in [6.07, 6.45) is 0. The maximum Gasteiger partial charge on any atom is 0.341 e. The van der Waals surface area contributed by atoms with Crippen molar-refractivity contribution < 1.29 is 38.6 Å². The van der Waals surface area contributed by atoms with Crippen LogP contribution in [0.5, 0.6) is 11.5 Å². The minimum absolute atomic E-state index is 0.0676. The molecule has 1 heterocycles. The van der Waals surface area contributed by atoms with Crippen LogP contribution in [0.15, 0.2) is 66.7 Å². The molecule has 3 amide bonds. The van der Waals surface area contributed by atoms with Gasteiger partial charge in [0.1, 0.15) is 11.5 Å². The van der Waals surface area contributed by atoms with E-state index in [4.69, 9.17) is 14.6 Å². The molecular formula is C25H18N2O8. The number of hydrogen-bond donors (Lipinski definition) is 2. The van der Waals surface area contributed by atoms with E-state index >= 15 is 0 Å². The minimum atomic E-state index is -1.11. The number of carboxylic acid groups (broad SMARTS) is 1. The normalized spacial score (nSPS) is 12.2. The predicted octanol–water partition coefficient (Wildman–Crippen LogP) is 3.13. The second-order valence-electron chi connectivity index (χ2n) is 7.46. The number of carbonyl (C=O) groups is 5. The van der Waals surface area contributed by atoms with Crippen LogP contribution in [0.25, 0.3) is 0 Å². The second-order valence-corrected chi connectivity index (χ2v) is 7.46. The van der Waals surface area contributed by atoms with Crippen LogP contribution in [0.3, 0.4) is 0 Å². The first-order valence-corrected chi connectivity index (χ1v) is 10.3. The number of rotatable bonds is 7. The van der Waals surface area contributed by atoms with E-state index in [1.165, 1.54) is 67.6 Å². The molecule has 1 aliphatic rings. The first-order chi connectivity index (χ1) is 16.7. The van der Waals surface area contributed by atoms with Crippen LogP contribution < -0.4 is 19.7 Å². The molecule has 0 aromatic heterocycles. The average Bonchev–Trinajstić information content (AvgIpc) is 3.07. The number of nitrogens with zero attached hydrogens (tertiary/aromatic N) is 1. The minimum Gasteiger partial charge on any atom is -0.482 e. The van der Waals surface area contributed by atoms with Crippen LogP contribution in [-0.2, 0) is 9.59 Å². The van der Waals surface area contributed by atoms with E-state index in [-0.39, 0.29) is 28.1 Å². The number of esters is 1. The largest absolute Gasteiger partial charge is 0.482 e. The Kier molecular flexibility index (Phi) is 6.27. The van der Waals surface area contributed by atoms with Gasteiger partial charge in [-0.3, -0.25) is 19.2 Å². The third kappa shape index (κ3) is 5.01. The van der Waals surface area contributed by atoms with E-state index in [0.717, 1.165) is 4.90 Å². The number of aliphatic carboxylic acids is 1. The third-order valence-corrected chi connectivity index (χ3v) is 4.96. The van der Waals surface area contributed by atoms with Gasteiger partial charge in [-0.05, 0) is 54.6 Å². The van der Waals surface area contributed by atoms with Crippen molar-refractivity contribution >= 4 is 41.0 Å². The van der Waals surface area contributed by atoms with Gasteiger partial charge in [0.2, 0.25) is 0 Å². The first-order valence-electron chi connectivity index (χ1n) is 10.3. The summed E-state index contributed by atoms with van der Waals surface area (Å²) in [7, 11) is 0. The van der Waals surface area contributed by atoms with Crippen molar-refractivity contribution in [1.29, 1.82) is 0 Å². The molecule has 0 saturated heterocycles. The maximum absolute atomic E-state index is 13.0. The lowest BCUT2D eigenvalue weighted by atomic mass is 10.1. The highest BCUT2D eigenvalue weighted by Crippen LogP contribution is 2.31. The molecule has 0 unspecified atom stereocenters. The highest BCUT2D eigenvalue weighted by molar-refractivity contribution is 6.34. The number of amides is 3. The van der Waals surface area contributed by atoms with Gasteiger partial charge in [-0.1, -0.05) is 6.07 Å². The zero-order valence-corrected chi connectivity index (χ0v) is 18.3. The summed E-state index contributed by atoms with van der Waals surface area (Å²) in [5.74, 6) is -2.82. The summed E-state index contributed by atoms with van der Waals surface area (Å²) in [5.41, 5.74) is 1.02. The van der Waals surface area contributed by atoms with Crippen LogP contribution in [0.1, 0.15) is 38.0 Å². The van der Waals surface area contributed by atoms with Crippen molar-refractivity contribution in [2.24, 2.45) is 0 Å². The van der Waals surface area contributed by atoms with E-state index in [2.05, 4.69) is 5.32 Å². The van der Waals surface area contributed by atoms with Gasteiger partial charge in [0.05, 0.1) is 16.8 Å². The number of imide groups is 1. The van der Waals surface area contributed by atoms with E-state index in [1.807, 2.05) is 0 Å². The summed E-state index contributed by atoms with van der Waals surface area (Å²) < 4.78 is 10.1. The third-order valence-electron chi connectivity index (χ3n) is 4.96. The maximum atomic E-state index is 13.0. The smallest absolute Gasteiger partial charge is 0.341 e. The van der Waals surface area contributed by atoms with Crippen molar-refractivity contribution in [1.82, 2.24) is 0 Å².